The Hall–Kier alpha value is -4.37. The van der Waals surface area contributed by atoms with E-state index in [1.54, 1.807) is 43.4 Å². The van der Waals surface area contributed by atoms with Gasteiger partial charge >= 0.3 is 6.18 Å². The maximum absolute atomic E-state index is 14.5. The van der Waals surface area contributed by atoms with Gasteiger partial charge in [0.2, 0.25) is 16.8 Å². The van der Waals surface area contributed by atoms with Crippen LogP contribution in [0.25, 0.3) is 5.69 Å². The van der Waals surface area contributed by atoms with Gasteiger partial charge in [-0.15, -0.1) is 0 Å². The van der Waals surface area contributed by atoms with Crippen LogP contribution in [0.15, 0.2) is 51.9 Å². The van der Waals surface area contributed by atoms with Gasteiger partial charge in [-0.3, -0.25) is 4.79 Å². The number of sulfonamides is 1. The third-order valence-corrected chi connectivity index (χ3v) is 10.6. The molecule has 1 fully saturated rings. The lowest BCUT2D eigenvalue weighted by Gasteiger charge is -2.34. The number of hydrogen-bond donors (Lipinski definition) is 0. The monoisotopic (exact) mass is 629 g/mol. The Morgan fingerprint density at radius 2 is 1.84 bits per heavy atom. The first-order valence-corrected chi connectivity index (χ1v) is 15.2. The zero-order valence-corrected chi connectivity index (χ0v) is 24.6. The molecule has 0 saturated carbocycles. The summed E-state index contributed by atoms with van der Waals surface area (Å²) in [5.41, 5.74) is 0.110. The minimum atomic E-state index is -4.85. The minimum absolute atomic E-state index is 0.00674. The maximum atomic E-state index is 14.5. The van der Waals surface area contributed by atoms with Crippen molar-refractivity contribution in [2.24, 2.45) is 0 Å². The summed E-state index contributed by atoms with van der Waals surface area (Å²) in [5.74, 6) is 0.734. The van der Waals surface area contributed by atoms with E-state index in [1.807, 2.05) is 0 Å². The highest BCUT2D eigenvalue weighted by Gasteiger charge is 2.54. The fraction of sp³-hybridized carbons (Fsp3) is 0.345. The summed E-state index contributed by atoms with van der Waals surface area (Å²) in [7, 11) is -2.65. The standard InChI is InChI=1S/C29H26F3N5O6S/c1-15-26(16(2)43-34-15)44(39,40)37-20-7-9-21(37)25-22(12-20)36(33-27(25)29(30,31)32)19-6-4-5-17(11-19)28(38)35(3)18-8-10-23-24(13-18)42-14-41-23/h4-6,8,10-11,13,20-21H,7,9,12,14H2,1-3H3. The van der Waals surface area contributed by atoms with Gasteiger partial charge in [-0.2, -0.15) is 22.6 Å². The summed E-state index contributed by atoms with van der Waals surface area (Å²) in [6.45, 7) is 3.03. The van der Waals surface area contributed by atoms with Crippen LogP contribution in [0.1, 0.15) is 57.6 Å². The van der Waals surface area contributed by atoms with Crippen LogP contribution in [-0.2, 0) is 22.6 Å². The largest absolute Gasteiger partial charge is 0.454 e. The molecule has 11 nitrogen and oxygen atoms in total. The van der Waals surface area contributed by atoms with Crippen LogP contribution in [0.5, 0.6) is 11.5 Å². The number of carbonyl (C=O) groups excluding carboxylic acids is 1. The number of alkyl halides is 3. The highest BCUT2D eigenvalue weighted by molar-refractivity contribution is 7.89. The van der Waals surface area contributed by atoms with Gasteiger partial charge in [0.05, 0.1) is 17.4 Å². The van der Waals surface area contributed by atoms with Gasteiger partial charge in [0.25, 0.3) is 5.91 Å². The molecule has 2 atom stereocenters. The van der Waals surface area contributed by atoms with Crippen molar-refractivity contribution >= 4 is 21.6 Å². The molecule has 0 N–H and O–H groups in total. The average molecular weight is 630 g/mol. The van der Waals surface area contributed by atoms with Crippen molar-refractivity contribution in [3.63, 3.8) is 0 Å². The van der Waals surface area contributed by atoms with Gasteiger partial charge in [-0.25, -0.2) is 13.1 Å². The predicted octanol–water partition coefficient (Wildman–Crippen LogP) is 4.95. The molecule has 2 aromatic heterocycles. The Bertz CT molecular complexity index is 1920. The Morgan fingerprint density at radius 1 is 1.07 bits per heavy atom. The molecule has 3 aliphatic rings. The van der Waals surface area contributed by atoms with Crippen molar-refractivity contribution in [3.05, 3.63) is 76.4 Å². The molecule has 230 valence electrons. The van der Waals surface area contributed by atoms with E-state index in [9.17, 15) is 26.4 Å². The molecule has 2 bridgehead atoms. The van der Waals surface area contributed by atoms with E-state index >= 15 is 0 Å². The van der Waals surface area contributed by atoms with Crippen molar-refractivity contribution in [1.29, 1.82) is 0 Å². The number of carbonyl (C=O) groups is 1. The van der Waals surface area contributed by atoms with E-state index in [2.05, 4.69) is 10.3 Å². The van der Waals surface area contributed by atoms with E-state index in [1.165, 1.54) is 33.8 Å². The first-order valence-electron chi connectivity index (χ1n) is 13.8. The summed E-state index contributed by atoms with van der Waals surface area (Å²) in [6.07, 6.45) is -4.27. The maximum Gasteiger partial charge on any atom is 0.435 e. The Labute approximate surface area is 249 Å². The summed E-state index contributed by atoms with van der Waals surface area (Å²) >= 11 is 0. The quantitative estimate of drug-likeness (QED) is 0.304. The van der Waals surface area contributed by atoms with Crippen molar-refractivity contribution in [2.45, 2.75) is 56.3 Å². The normalized spacial score (nSPS) is 19.3. The van der Waals surface area contributed by atoms with Crippen LogP contribution < -0.4 is 14.4 Å². The second-order valence-electron chi connectivity index (χ2n) is 11.0. The zero-order valence-electron chi connectivity index (χ0n) is 23.8. The molecule has 2 unspecified atom stereocenters. The fourth-order valence-corrected chi connectivity index (χ4v) is 8.61. The molecule has 15 heteroatoms. The molecule has 0 radical (unpaired) electrons. The highest BCUT2D eigenvalue weighted by Crippen LogP contribution is 2.51. The lowest BCUT2D eigenvalue weighted by atomic mass is 9.99. The number of aromatic nitrogens is 3. The number of amides is 1. The molecule has 44 heavy (non-hydrogen) atoms. The van der Waals surface area contributed by atoms with Crippen molar-refractivity contribution in [2.75, 3.05) is 18.7 Å². The predicted molar refractivity (Wildman–Crippen MR) is 148 cm³/mol. The molecule has 0 aliphatic carbocycles. The van der Waals surface area contributed by atoms with Gasteiger partial charge in [-0.1, -0.05) is 11.2 Å². The SMILES string of the molecule is Cc1noc(C)c1S(=O)(=O)N1C2CCC1c1c(C(F)(F)F)nn(-c3cccc(C(=O)N(C)c4ccc5c(c4)OCO5)c3)c1C2. The molecule has 0 spiro atoms. The number of nitrogens with zero attached hydrogens (tertiary/aromatic N) is 5. The van der Waals surface area contributed by atoms with E-state index in [4.69, 9.17) is 14.0 Å². The second-order valence-corrected chi connectivity index (χ2v) is 12.8. The topological polar surface area (TPSA) is 120 Å². The summed E-state index contributed by atoms with van der Waals surface area (Å²) in [6, 6.07) is 9.58. The molecular formula is C29H26F3N5O6S. The number of ether oxygens (including phenoxy) is 2. The van der Waals surface area contributed by atoms with Gasteiger partial charge < -0.3 is 18.9 Å². The van der Waals surface area contributed by atoms with Crippen molar-refractivity contribution in [3.8, 4) is 17.2 Å². The van der Waals surface area contributed by atoms with Crippen LogP contribution in [0.4, 0.5) is 18.9 Å². The number of rotatable bonds is 5. The highest BCUT2D eigenvalue weighted by atomic mass is 32.2. The zero-order chi connectivity index (χ0) is 31.1. The van der Waals surface area contributed by atoms with Crippen molar-refractivity contribution < 1.29 is 40.4 Å². The molecular weight excluding hydrogens is 603 g/mol. The van der Waals surface area contributed by atoms with Crippen LogP contribution in [0.2, 0.25) is 0 Å². The van der Waals surface area contributed by atoms with Gasteiger partial charge in [0, 0.05) is 42.4 Å². The fourth-order valence-electron chi connectivity index (χ4n) is 6.47. The third kappa shape index (κ3) is 4.28. The second kappa shape index (κ2) is 9.82. The molecule has 3 aliphatic heterocycles. The molecule has 4 aromatic rings. The number of hydrogen-bond acceptors (Lipinski definition) is 8. The lowest BCUT2D eigenvalue weighted by molar-refractivity contribution is -0.142. The number of fused-ring (bicyclic) bond motifs is 5. The summed E-state index contributed by atoms with van der Waals surface area (Å²) in [5, 5.41) is 7.74. The van der Waals surface area contributed by atoms with Gasteiger partial charge in [0.1, 0.15) is 10.6 Å². The van der Waals surface area contributed by atoms with Gasteiger partial charge in [0.15, 0.2) is 23.0 Å². The Morgan fingerprint density at radius 3 is 2.57 bits per heavy atom. The first kappa shape index (κ1) is 28.4. The molecule has 1 amide bonds. The number of aryl methyl sites for hydroxylation is 2. The molecule has 2 aromatic carbocycles. The summed E-state index contributed by atoms with van der Waals surface area (Å²) in [4.78, 5) is 14.7. The number of benzene rings is 2. The van der Waals surface area contributed by atoms with Crippen LogP contribution in [0, 0.1) is 13.8 Å². The van der Waals surface area contributed by atoms with Crippen LogP contribution in [-0.4, -0.2) is 53.4 Å². The van der Waals surface area contributed by atoms with E-state index in [0.717, 1.165) is 0 Å². The number of anilines is 1. The smallest absolute Gasteiger partial charge is 0.435 e. The summed E-state index contributed by atoms with van der Waals surface area (Å²) < 4.78 is 89.3. The van der Waals surface area contributed by atoms with E-state index in [0.29, 0.717) is 23.6 Å². The van der Waals surface area contributed by atoms with Crippen LogP contribution >= 0.6 is 0 Å². The van der Waals surface area contributed by atoms with E-state index in [-0.39, 0.29) is 58.5 Å². The molecule has 5 heterocycles. The number of halogens is 3. The van der Waals surface area contributed by atoms with Crippen molar-refractivity contribution in [1.82, 2.24) is 19.2 Å². The van der Waals surface area contributed by atoms with Crippen LogP contribution in [0.3, 0.4) is 0 Å². The Balaban J connectivity index is 1.28. The van der Waals surface area contributed by atoms with E-state index < -0.39 is 39.9 Å². The van der Waals surface area contributed by atoms with Gasteiger partial charge in [-0.05, 0) is 57.0 Å². The minimum Gasteiger partial charge on any atom is -0.454 e. The molecule has 7 rings (SSSR count). The molecule has 1 saturated heterocycles. The lowest BCUT2D eigenvalue weighted by Crippen LogP contribution is -2.42. The average Bonchev–Trinajstić information content (AvgIpc) is 3.76. The Kier molecular flexibility index (Phi) is 6.34. The third-order valence-electron chi connectivity index (χ3n) is 8.38. The first-order chi connectivity index (χ1) is 20.9.